The molecule has 8 heteroatoms. The Morgan fingerprint density at radius 3 is 2.20 bits per heavy atom. The lowest BCUT2D eigenvalue weighted by Crippen LogP contribution is -2.58. The van der Waals surface area contributed by atoms with E-state index in [-0.39, 0.29) is 6.03 Å². The summed E-state index contributed by atoms with van der Waals surface area (Å²) in [6.07, 6.45) is -0.354. The van der Waals surface area contributed by atoms with E-state index in [9.17, 15) is 14.8 Å². The van der Waals surface area contributed by atoms with Gasteiger partial charge in [-0.15, -0.1) is 0 Å². The molecule has 0 aliphatic carbocycles. The van der Waals surface area contributed by atoms with E-state index in [1.165, 1.54) is 4.90 Å². The van der Waals surface area contributed by atoms with E-state index < -0.39 is 17.7 Å². The first-order valence-electron chi connectivity index (χ1n) is 11.5. The van der Waals surface area contributed by atoms with Crippen LogP contribution in [-0.2, 0) is 6.42 Å². The van der Waals surface area contributed by atoms with Crippen LogP contribution in [0.25, 0.3) is 0 Å². The average molecular weight is 475 g/mol. The zero-order valence-corrected chi connectivity index (χ0v) is 20.1. The summed E-state index contributed by atoms with van der Waals surface area (Å²) in [5.41, 5.74) is 1.28. The number of carbonyl (C=O) groups excluding carboxylic acids is 2. The van der Waals surface area contributed by atoms with Gasteiger partial charge in [0.2, 0.25) is 0 Å². The minimum absolute atomic E-state index is 0.286. The zero-order chi connectivity index (χ0) is 25.0. The molecule has 1 fully saturated rings. The Kier molecular flexibility index (Phi) is 6.93. The molecule has 0 saturated carbocycles. The molecule has 3 aromatic carbocycles. The molecule has 35 heavy (non-hydrogen) atoms. The highest BCUT2D eigenvalue weighted by Crippen LogP contribution is 2.38. The number of anilines is 2. The molecule has 2 N–H and O–H groups in total. The summed E-state index contributed by atoms with van der Waals surface area (Å²) >= 11 is 0. The van der Waals surface area contributed by atoms with Crippen molar-refractivity contribution in [2.24, 2.45) is 0 Å². The maximum absolute atomic E-state index is 13.7. The topological polar surface area (TPSA) is 85.3 Å². The maximum Gasteiger partial charge on any atom is 0.347 e. The number of carbonyl (C=O) groups is 2. The van der Waals surface area contributed by atoms with Gasteiger partial charge in [0.05, 0.1) is 12.6 Å². The first kappa shape index (κ1) is 24.1. The first-order valence-corrected chi connectivity index (χ1v) is 11.5. The fourth-order valence-corrected chi connectivity index (χ4v) is 4.42. The van der Waals surface area contributed by atoms with E-state index >= 15 is 0 Å². The van der Waals surface area contributed by atoms with E-state index in [0.717, 1.165) is 11.3 Å². The van der Waals surface area contributed by atoms with Gasteiger partial charge in [0, 0.05) is 17.9 Å². The normalized spacial score (nSPS) is 16.8. The fourth-order valence-electron chi connectivity index (χ4n) is 4.42. The van der Waals surface area contributed by atoms with Crippen LogP contribution in [0.15, 0.2) is 84.9 Å². The number of benzene rings is 3. The van der Waals surface area contributed by atoms with Crippen molar-refractivity contribution < 1.29 is 19.5 Å². The van der Waals surface area contributed by atoms with Crippen LogP contribution in [0.4, 0.5) is 21.0 Å². The number of ether oxygens (including phenoxy) is 1. The highest BCUT2D eigenvalue weighted by Gasteiger charge is 2.55. The maximum atomic E-state index is 13.7. The van der Waals surface area contributed by atoms with Gasteiger partial charge in [-0.25, -0.2) is 9.59 Å². The van der Waals surface area contributed by atoms with Gasteiger partial charge < -0.3 is 15.0 Å². The third-order valence-corrected chi connectivity index (χ3v) is 6.29. The van der Waals surface area contributed by atoms with Crippen molar-refractivity contribution in [2.75, 3.05) is 23.9 Å². The molecular formula is C27H30N4O4. The monoisotopic (exact) mass is 474 g/mol. The second-order valence-electron chi connectivity index (χ2n) is 8.91. The van der Waals surface area contributed by atoms with E-state index in [0.29, 0.717) is 29.4 Å². The molecule has 1 atom stereocenters. The standard InChI is InChI=1S/C27H30N4O4/c1-27(2)24(31(34)25(32)28-21-10-6-4-7-11-21)30(22-12-8-5-9-13-22)26(33)29(27)19-18-20-14-16-23(35-3)17-15-20/h4-17,24,34H,18-19H2,1-3H3,(H,28,32)/t24-/m0/s1. The lowest BCUT2D eigenvalue weighted by Gasteiger charge is -2.38. The van der Waals surface area contributed by atoms with Crippen LogP contribution in [0.1, 0.15) is 19.4 Å². The molecule has 4 rings (SSSR count). The van der Waals surface area contributed by atoms with Crippen molar-refractivity contribution >= 4 is 23.4 Å². The van der Waals surface area contributed by atoms with Gasteiger partial charge in [-0.2, -0.15) is 5.06 Å². The number of nitrogens with one attached hydrogen (secondary N) is 1. The molecule has 3 aromatic rings. The van der Waals surface area contributed by atoms with Crippen molar-refractivity contribution in [1.82, 2.24) is 9.96 Å². The second kappa shape index (κ2) is 10.1. The molecule has 1 aliphatic heterocycles. The summed E-state index contributed by atoms with van der Waals surface area (Å²) < 4.78 is 5.22. The van der Waals surface area contributed by atoms with Gasteiger partial charge in [0.15, 0.2) is 6.17 Å². The molecule has 1 aliphatic rings. The van der Waals surface area contributed by atoms with E-state index in [1.807, 2.05) is 62.4 Å². The lowest BCUT2D eigenvalue weighted by molar-refractivity contribution is -0.0947. The van der Waals surface area contributed by atoms with E-state index in [4.69, 9.17) is 4.74 Å². The molecule has 0 spiro atoms. The van der Waals surface area contributed by atoms with Crippen molar-refractivity contribution in [2.45, 2.75) is 32.0 Å². The van der Waals surface area contributed by atoms with Gasteiger partial charge in [0.1, 0.15) is 5.75 Å². The molecule has 1 heterocycles. The van der Waals surface area contributed by atoms with Crippen molar-refractivity contribution in [1.29, 1.82) is 0 Å². The van der Waals surface area contributed by atoms with Crippen LogP contribution in [0.5, 0.6) is 5.75 Å². The number of hydroxylamine groups is 2. The summed E-state index contributed by atoms with van der Waals surface area (Å²) in [6, 6.07) is 24.6. The number of rotatable bonds is 7. The van der Waals surface area contributed by atoms with Crippen molar-refractivity contribution in [3.8, 4) is 5.75 Å². The summed E-state index contributed by atoms with van der Waals surface area (Å²) in [4.78, 5) is 29.9. The number of para-hydroxylation sites is 2. The van der Waals surface area contributed by atoms with Gasteiger partial charge in [0.25, 0.3) is 0 Å². The van der Waals surface area contributed by atoms with Crippen molar-refractivity contribution in [3.05, 3.63) is 90.5 Å². The van der Waals surface area contributed by atoms with Crippen LogP contribution < -0.4 is 15.0 Å². The summed E-state index contributed by atoms with van der Waals surface area (Å²) in [5, 5.41) is 14.4. The third kappa shape index (κ3) is 4.93. The highest BCUT2D eigenvalue weighted by atomic mass is 16.5. The number of urea groups is 2. The van der Waals surface area contributed by atoms with Crippen molar-refractivity contribution in [3.63, 3.8) is 0 Å². The largest absolute Gasteiger partial charge is 0.497 e. The molecule has 0 bridgehead atoms. The summed E-state index contributed by atoms with van der Waals surface area (Å²) in [6.45, 7) is 4.11. The average Bonchev–Trinajstić information content (AvgIpc) is 3.08. The molecule has 0 aromatic heterocycles. The molecule has 0 unspecified atom stereocenters. The number of nitrogens with zero attached hydrogens (tertiary/aromatic N) is 3. The van der Waals surface area contributed by atoms with Crippen LogP contribution >= 0.6 is 0 Å². The Balaban J connectivity index is 1.61. The van der Waals surface area contributed by atoms with Crippen LogP contribution in [-0.4, -0.2) is 52.6 Å². The molecule has 0 radical (unpaired) electrons. The highest BCUT2D eigenvalue weighted by molar-refractivity contribution is 5.98. The Morgan fingerprint density at radius 1 is 1.00 bits per heavy atom. The van der Waals surface area contributed by atoms with Crippen LogP contribution in [0.3, 0.4) is 0 Å². The predicted octanol–water partition coefficient (Wildman–Crippen LogP) is 5.21. The lowest BCUT2D eigenvalue weighted by atomic mass is 9.99. The van der Waals surface area contributed by atoms with Gasteiger partial charge in [-0.1, -0.05) is 48.5 Å². The molecule has 8 nitrogen and oxygen atoms in total. The Hall–Kier alpha value is -4.04. The molecule has 1 saturated heterocycles. The number of amides is 4. The number of methoxy groups -OCH3 is 1. The number of hydrogen-bond donors (Lipinski definition) is 2. The van der Waals surface area contributed by atoms with Gasteiger partial charge in [-0.3, -0.25) is 10.1 Å². The van der Waals surface area contributed by atoms with Gasteiger partial charge >= 0.3 is 12.1 Å². The number of hydrogen-bond acceptors (Lipinski definition) is 4. The third-order valence-electron chi connectivity index (χ3n) is 6.29. The van der Waals surface area contributed by atoms with Crippen LogP contribution in [0, 0.1) is 0 Å². The minimum atomic E-state index is -0.961. The second-order valence-corrected chi connectivity index (χ2v) is 8.91. The SMILES string of the molecule is COc1ccc(CCN2C(=O)N(c3ccccc3)[C@@H](N(O)C(=O)Nc3ccccc3)C2(C)C)cc1. The minimum Gasteiger partial charge on any atom is -0.497 e. The first-order chi connectivity index (χ1) is 16.8. The summed E-state index contributed by atoms with van der Waals surface area (Å²) in [7, 11) is 1.62. The molecule has 4 amide bonds. The van der Waals surface area contributed by atoms with Crippen LogP contribution in [0.2, 0.25) is 0 Å². The zero-order valence-electron chi connectivity index (χ0n) is 20.1. The molecule has 182 valence electrons. The van der Waals surface area contributed by atoms with E-state index in [2.05, 4.69) is 5.32 Å². The summed E-state index contributed by atoms with van der Waals surface area (Å²) in [5.74, 6) is 0.766. The molecular weight excluding hydrogens is 444 g/mol. The fraction of sp³-hybridized carbons (Fsp3) is 0.259. The quantitative estimate of drug-likeness (QED) is 0.364. The van der Waals surface area contributed by atoms with E-state index in [1.54, 1.807) is 48.4 Å². The smallest absolute Gasteiger partial charge is 0.347 e. The predicted molar refractivity (Wildman–Crippen MR) is 135 cm³/mol. The van der Waals surface area contributed by atoms with Gasteiger partial charge in [-0.05, 0) is 62.2 Å². The Morgan fingerprint density at radius 2 is 1.60 bits per heavy atom. The Labute approximate surface area is 205 Å². The Bertz CT molecular complexity index is 1150.